The standard InChI is InChI=1S/C18H24N4O3/c23-16(24)15-5-4-10-22(13-15)11-12-25-21-14-18(6-2-1-3-7-18)17-19-8-9-20-17/h1-3,6,8-9,14-15H,4-5,7,10-13H2,(H,19,20)(H,23,24). The van der Waals surface area contributed by atoms with Crippen LogP contribution in [0.4, 0.5) is 0 Å². The number of hydrogen-bond acceptors (Lipinski definition) is 5. The molecule has 2 N–H and O–H groups in total. The first-order valence-electron chi connectivity index (χ1n) is 8.65. The Kier molecular flexibility index (Phi) is 5.65. The van der Waals surface area contributed by atoms with Gasteiger partial charge in [-0.1, -0.05) is 29.5 Å². The third kappa shape index (κ3) is 4.36. The molecule has 1 aliphatic heterocycles. The van der Waals surface area contributed by atoms with Crippen LogP contribution in [0.25, 0.3) is 0 Å². The molecule has 0 radical (unpaired) electrons. The van der Waals surface area contributed by atoms with Gasteiger partial charge in [0.15, 0.2) is 0 Å². The number of allylic oxidation sites excluding steroid dienone is 4. The lowest BCUT2D eigenvalue weighted by Crippen LogP contribution is -2.40. The van der Waals surface area contributed by atoms with E-state index in [1.807, 2.05) is 12.2 Å². The van der Waals surface area contributed by atoms with Crippen molar-refractivity contribution in [3.8, 4) is 0 Å². The Morgan fingerprint density at radius 1 is 1.56 bits per heavy atom. The fourth-order valence-corrected chi connectivity index (χ4v) is 3.30. The van der Waals surface area contributed by atoms with Gasteiger partial charge < -0.3 is 14.9 Å². The van der Waals surface area contributed by atoms with Crippen molar-refractivity contribution in [2.24, 2.45) is 11.1 Å². The lowest BCUT2D eigenvalue weighted by atomic mass is 9.82. The fraction of sp³-hybridized carbons (Fsp3) is 0.500. The SMILES string of the molecule is O=C(O)C1CCCN(CCON=CC2(c3ncc[nH]3)C=CC=CC2)C1. The number of aromatic amines is 1. The lowest BCUT2D eigenvalue weighted by molar-refractivity contribution is -0.143. The van der Waals surface area contributed by atoms with Gasteiger partial charge >= 0.3 is 5.97 Å². The van der Waals surface area contributed by atoms with Gasteiger partial charge in [0.1, 0.15) is 12.4 Å². The number of carbonyl (C=O) groups is 1. The van der Waals surface area contributed by atoms with Crippen LogP contribution in [-0.4, -0.2) is 58.4 Å². The predicted octanol–water partition coefficient (Wildman–Crippen LogP) is 1.96. The number of aromatic nitrogens is 2. The number of H-pyrrole nitrogens is 1. The molecule has 0 spiro atoms. The molecular weight excluding hydrogens is 320 g/mol. The molecule has 2 atom stereocenters. The van der Waals surface area contributed by atoms with E-state index in [0.29, 0.717) is 19.7 Å². The number of likely N-dealkylation sites (tertiary alicyclic amines) is 1. The van der Waals surface area contributed by atoms with Crippen LogP contribution in [0.2, 0.25) is 0 Å². The summed E-state index contributed by atoms with van der Waals surface area (Å²) in [5.74, 6) is -0.138. The van der Waals surface area contributed by atoms with Crippen molar-refractivity contribution in [2.75, 3.05) is 26.2 Å². The van der Waals surface area contributed by atoms with E-state index in [1.165, 1.54) is 0 Å². The zero-order valence-electron chi connectivity index (χ0n) is 14.2. The highest BCUT2D eigenvalue weighted by atomic mass is 16.6. The topological polar surface area (TPSA) is 90.8 Å². The van der Waals surface area contributed by atoms with Gasteiger partial charge in [-0.05, 0) is 25.8 Å². The first-order valence-corrected chi connectivity index (χ1v) is 8.65. The average molecular weight is 344 g/mol. The number of nitrogens with zero attached hydrogens (tertiary/aromatic N) is 3. The zero-order valence-corrected chi connectivity index (χ0v) is 14.2. The molecule has 0 amide bonds. The third-order valence-electron chi connectivity index (χ3n) is 4.75. The monoisotopic (exact) mass is 344 g/mol. The van der Waals surface area contributed by atoms with Crippen LogP contribution in [0.3, 0.4) is 0 Å². The minimum absolute atomic E-state index is 0.265. The Morgan fingerprint density at radius 3 is 3.20 bits per heavy atom. The summed E-state index contributed by atoms with van der Waals surface area (Å²) in [6.07, 6.45) is 15.9. The van der Waals surface area contributed by atoms with Gasteiger partial charge in [0.2, 0.25) is 0 Å². The Labute approximate surface area is 147 Å². The summed E-state index contributed by atoms with van der Waals surface area (Å²) < 4.78 is 0. The molecule has 7 heteroatoms. The molecule has 25 heavy (non-hydrogen) atoms. The summed E-state index contributed by atoms with van der Waals surface area (Å²) in [5, 5.41) is 13.3. The normalized spacial score (nSPS) is 27.0. The van der Waals surface area contributed by atoms with Gasteiger partial charge in [-0.25, -0.2) is 4.98 Å². The van der Waals surface area contributed by atoms with Gasteiger partial charge in [0.25, 0.3) is 0 Å². The number of nitrogens with one attached hydrogen (secondary N) is 1. The maximum absolute atomic E-state index is 11.1. The van der Waals surface area contributed by atoms with Crippen molar-refractivity contribution in [1.82, 2.24) is 14.9 Å². The summed E-state index contributed by atoms with van der Waals surface area (Å²) in [7, 11) is 0. The summed E-state index contributed by atoms with van der Waals surface area (Å²) in [5.41, 5.74) is -0.405. The van der Waals surface area contributed by atoms with Crippen molar-refractivity contribution in [2.45, 2.75) is 24.7 Å². The van der Waals surface area contributed by atoms with Crippen molar-refractivity contribution >= 4 is 12.2 Å². The number of carboxylic acid groups (broad SMARTS) is 1. The molecule has 2 aliphatic rings. The second-order valence-corrected chi connectivity index (χ2v) is 6.52. The van der Waals surface area contributed by atoms with Gasteiger partial charge in [-0.2, -0.15) is 0 Å². The first-order chi connectivity index (χ1) is 12.2. The molecule has 0 saturated carbocycles. The van der Waals surface area contributed by atoms with Crippen LogP contribution < -0.4 is 0 Å². The van der Waals surface area contributed by atoms with E-state index in [1.54, 1.807) is 18.6 Å². The Bertz CT molecular complexity index is 653. The second kappa shape index (κ2) is 8.11. The molecule has 7 nitrogen and oxygen atoms in total. The highest BCUT2D eigenvalue weighted by Gasteiger charge is 2.30. The zero-order chi connectivity index (χ0) is 17.5. The largest absolute Gasteiger partial charge is 0.481 e. The maximum atomic E-state index is 11.1. The third-order valence-corrected chi connectivity index (χ3v) is 4.75. The van der Waals surface area contributed by atoms with Crippen molar-refractivity contribution in [3.05, 3.63) is 42.5 Å². The van der Waals surface area contributed by atoms with Crippen LogP contribution in [0.5, 0.6) is 0 Å². The molecule has 1 aromatic heterocycles. The van der Waals surface area contributed by atoms with E-state index in [9.17, 15) is 4.79 Å². The van der Waals surface area contributed by atoms with Crippen LogP contribution in [0.15, 0.2) is 41.9 Å². The van der Waals surface area contributed by atoms with E-state index < -0.39 is 11.4 Å². The van der Waals surface area contributed by atoms with Gasteiger partial charge in [-0.3, -0.25) is 9.69 Å². The predicted molar refractivity (Wildman–Crippen MR) is 94.4 cm³/mol. The van der Waals surface area contributed by atoms with Crippen LogP contribution in [0.1, 0.15) is 25.1 Å². The highest BCUT2D eigenvalue weighted by Crippen LogP contribution is 2.28. The number of hydrogen-bond donors (Lipinski definition) is 2. The van der Waals surface area contributed by atoms with E-state index >= 15 is 0 Å². The van der Waals surface area contributed by atoms with Crippen LogP contribution in [0, 0.1) is 5.92 Å². The smallest absolute Gasteiger partial charge is 0.307 e. The van der Waals surface area contributed by atoms with Crippen molar-refractivity contribution in [1.29, 1.82) is 0 Å². The van der Waals surface area contributed by atoms with E-state index in [0.717, 1.165) is 31.6 Å². The van der Waals surface area contributed by atoms with Crippen LogP contribution in [-0.2, 0) is 15.0 Å². The number of aliphatic carboxylic acids is 1. The number of rotatable bonds is 7. The number of piperidine rings is 1. The molecule has 2 heterocycles. The molecule has 0 bridgehead atoms. The molecule has 1 saturated heterocycles. The Hall–Kier alpha value is -2.41. The first kappa shape index (κ1) is 17.4. The van der Waals surface area contributed by atoms with E-state index in [2.05, 4.69) is 32.2 Å². The molecule has 0 aromatic carbocycles. The lowest BCUT2D eigenvalue weighted by Gasteiger charge is -2.30. The molecule has 1 aliphatic carbocycles. The number of oxime groups is 1. The quantitative estimate of drug-likeness (QED) is 0.448. The molecule has 1 aromatic rings. The van der Waals surface area contributed by atoms with E-state index in [-0.39, 0.29) is 5.92 Å². The van der Waals surface area contributed by atoms with Crippen molar-refractivity contribution < 1.29 is 14.7 Å². The minimum Gasteiger partial charge on any atom is -0.481 e. The summed E-state index contributed by atoms with van der Waals surface area (Å²) in [6, 6.07) is 0. The highest BCUT2D eigenvalue weighted by molar-refractivity contribution is 5.75. The van der Waals surface area contributed by atoms with Gasteiger partial charge in [0, 0.05) is 25.5 Å². The molecule has 1 fully saturated rings. The average Bonchev–Trinajstić information content (AvgIpc) is 3.18. The molecule has 2 unspecified atom stereocenters. The molecule has 3 rings (SSSR count). The fourth-order valence-electron chi connectivity index (χ4n) is 3.30. The Morgan fingerprint density at radius 2 is 2.48 bits per heavy atom. The molecule has 134 valence electrons. The summed E-state index contributed by atoms with van der Waals surface area (Å²) >= 11 is 0. The minimum atomic E-state index is -0.707. The Balaban J connectivity index is 1.50. The van der Waals surface area contributed by atoms with Gasteiger partial charge in [-0.15, -0.1) is 0 Å². The second-order valence-electron chi connectivity index (χ2n) is 6.52. The summed E-state index contributed by atoms with van der Waals surface area (Å²) in [4.78, 5) is 26.2. The van der Waals surface area contributed by atoms with E-state index in [4.69, 9.17) is 9.94 Å². The number of carboxylic acids is 1. The van der Waals surface area contributed by atoms with Crippen LogP contribution >= 0.6 is 0 Å². The van der Waals surface area contributed by atoms with Crippen molar-refractivity contribution in [3.63, 3.8) is 0 Å². The van der Waals surface area contributed by atoms with Gasteiger partial charge in [0.05, 0.1) is 17.5 Å². The number of imidazole rings is 1. The maximum Gasteiger partial charge on any atom is 0.307 e. The summed E-state index contributed by atoms with van der Waals surface area (Å²) in [6.45, 7) is 2.63. The molecular formula is C18H24N4O3.